The molecule has 2 aliphatic heterocycles. The van der Waals surface area contributed by atoms with Crippen molar-refractivity contribution in [2.24, 2.45) is 0 Å². The Kier molecular flexibility index (Phi) is 5.98. The van der Waals surface area contributed by atoms with Crippen LogP contribution in [0.1, 0.15) is 25.7 Å². The SMILES string of the molecule is O=C(NCC(=O)N1CCCCC1)C(=O)N1CCCNCC1. The Labute approximate surface area is 125 Å². The van der Waals surface area contributed by atoms with Crippen molar-refractivity contribution in [1.82, 2.24) is 20.4 Å². The molecular weight excluding hydrogens is 272 g/mol. The number of carbonyl (C=O) groups excluding carboxylic acids is 3. The lowest BCUT2D eigenvalue weighted by molar-refractivity contribution is -0.146. The minimum absolute atomic E-state index is 0.0866. The molecule has 7 heteroatoms. The molecule has 0 spiro atoms. The summed E-state index contributed by atoms with van der Waals surface area (Å²) in [4.78, 5) is 39.1. The molecule has 118 valence electrons. The number of amides is 3. The van der Waals surface area contributed by atoms with E-state index in [1.807, 2.05) is 0 Å². The van der Waals surface area contributed by atoms with Crippen molar-refractivity contribution in [3.63, 3.8) is 0 Å². The first kappa shape index (κ1) is 15.8. The third-order valence-electron chi connectivity index (χ3n) is 3.93. The summed E-state index contributed by atoms with van der Waals surface area (Å²) in [6.45, 7) is 4.09. The fourth-order valence-corrected chi connectivity index (χ4v) is 2.68. The number of nitrogens with zero attached hydrogens (tertiary/aromatic N) is 2. The highest BCUT2D eigenvalue weighted by molar-refractivity contribution is 6.35. The van der Waals surface area contributed by atoms with Crippen molar-refractivity contribution in [2.75, 3.05) is 45.8 Å². The quantitative estimate of drug-likeness (QED) is 0.636. The number of hydrogen-bond acceptors (Lipinski definition) is 4. The molecule has 0 aliphatic carbocycles. The van der Waals surface area contributed by atoms with Gasteiger partial charge >= 0.3 is 11.8 Å². The Morgan fingerprint density at radius 3 is 2.33 bits per heavy atom. The first-order valence-corrected chi connectivity index (χ1v) is 7.74. The normalized spacial score (nSPS) is 19.8. The number of hydrogen-bond donors (Lipinski definition) is 2. The number of piperidine rings is 1. The van der Waals surface area contributed by atoms with Crippen LogP contribution in [0.3, 0.4) is 0 Å². The minimum Gasteiger partial charge on any atom is -0.341 e. The molecule has 2 aliphatic rings. The van der Waals surface area contributed by atoms with Crippen LogP contribution in [0.2, 0.25) is 0 Å². The van der Waals surface area contributed by atoms with Crippen LogP contribution in [0.15, 0.2) is 0 Å². The van der Waals surface area contributed by atoms with Gasteiger partial charge in [-0.2, -0.15) is 0 Å². The summed E-state index contributed by atoms with van der Waals surface area (Å²) in [6.07, 6.45) is 4.02. The lowest BCUT2D eigenvalue weighted by atomic mass is 10.1. The van der Waals surface area contributed by atoms with Gasteiger partial charge in [0.1, 0.15) is 0 Å². The van der Waals surface area contributed by atoms with Gasteiger partial charge in [0.05, 0.1) is 6.54 Å². The van der Waals surface area contributed by atoms with Gasteiger partial charge in [-0.1, -0.05) is 0 Å². The summed E-state index contributed by atoms with van der Waals surface area (Å²) in [6, 6.07) is 0. The molecule has 0 aromatic rings. The van der Waals surface area contributed by atoms with Crippen molar-refractivity contribution in [1.29, 1.82) is 0 Å². The number of likely N-dealkylation sites (tertiary alicyclic amines) is 1. The van der Waals surface area contributed by atoms with E-state index in [4.69, 9.17) is 0 Å². The first-order valence-electron chi connectivity index (χ1n) is 7.74. The molecule has 21 heavy (non-hydrogen) atoms. The van der Waals surface area contributed by atoms with Crippen LogP contribution in [0.5, 0.6) is 0 Å². The van der Waals surface area contributed by atoms with Gasteiger partial charge in [0.2, 0.25) is 5.91 Å². The van der Waals surface area contributed by atoms with Crippen LogP contribution in [0.25, 0.3) is 0 Å². The van der Waals surface area contributed by atoms with Gasteiger partial charge in [-0.15, -0.1) is 0 Å². The lowest BCUT2D eigenvalue weighted by Crippen LogP contribution is -2.48. The molecular formula is C14H24N4O3. The molecule has 2 saturated heterocycles. The van der Waals surface area contributed by atoms with Crippen molar-refractivity contribution in [3.05, 3.63) is 0 Å². The molecule has 3 amide bonds. The smallest absolute Gasteiger partial charge is 0.311 e. The standard InChI is InChI=1S/C14H24N4O3/c19-12(17-7-2-1-3-8-17)11-16-13(20)14(21)18-9-4-5-15-6-10-18/h15H,1-11H2,(H,16,20). The molecule has 0 aromatic carbocycles. The molecule has 0 radical (unpaired) electrons. The Balaban J connectivity index is 1.75. The maximum atomic E-state index is 12.0. The fraction of sp³-hybridized carbons (Fsp3) is 0.786. The molecule has 0 unspecified atom stereocenters. The summed E-state index contributed by atoms with van der Waals surface area (Å²) in [5.41, 5.74) is 0. The zero-order chi connectivity index (χ0) is 15.1. The van der Waals surface area contributed by atoms with Gasteiger partial charge in [-0.25, -0.2) is 0 Å². The van der Waals surface area contributed by atoms with Gasteiger partial charge in [-0.05, 0) is 32.2 Å². The largest absolute Gasteiger partial charge is 0.341 e. The van der Waals surface area contributed by atoms with E-state index in [1.54, 1.807) is 9.80 Å². The Hall–Kier alpha value is -1.63. The highest BCUT2D eigenvalue weighted by atomic mass is 16.2. The van der Waals surface area contributed by atoms with Crippen LogP contribution >= 0.6 is 0 Å². The molecule has 2 rings (SSSR count). The van der Waals surface area contributed by atoms with Crippen LogP contribution < -0.4 is 10.6 Å². The van der Waals surface area contributed by atoms with Gasteiger partial charge in [0.15, 0.2) is 0 Å². The fourth-order valence-electron chi connectivity index (χ4n) is 2.68. The van der Waals surface area contributed by atoms with E-state index in [9.17, 15) is 14.4 Å². The summed E-state index contributed by atoms with van der Waals surface area (Å²) < 4.78 is 0. The minimum atomic E-state index is -0.678. The van der Waals surface area contributed by atoms with Crippen molar-refractivity contribution < 1.29 is 14.4 Å². The van der Waals surface area contributed by atoms with Crippen molar-refractivity contribution in [2.45, 2.75) is 25.7 Å². The molecule has 0 atom stereocenters. The van der Waals surface area contributed by atoms with E-state index in [-0.39, 0.29) is 12.5 Å². The van der Waals surface area contributed by atoms with Crippen LogP contribution in [-0.2, 0) is 14.4 Å². The molecule has 2 N–H and O–H groups in total. The lowest BCUT2D eigenvalue weighted by Gasteiger charge is -2.27. The van der Waals surface area contributed by atoms with Gasteiger partial charge in [0, 0.05) is 32.7 Å². The zero-order valence-electron chi connectivity index (χ0n) is 12.4. The molecule has 0 saturated carbocycles. The second-order valence-corrected chi connectivity index (χ2v) is 5.52. The van der Waals surface area contributed by atoms with Gasteiger partial charge in [-0.3, -0.25) is 14.4 Å². The van der Waals surface area contributed by atoms with Crippen LogP contribution in [0, 0.1) is 0 Å². The number of rotatable bonds is 2. The van der Waals surface area contributed by atoms with Crippen molar-refractivity contribution in [3.8, 4) is 0 Å². The van der Waals surface area contributed by atoms with E-state index >= 15 is 0 Å². The summed E-state index contributed by atoms with van der Waals surface area (Å²) >= 11 is 0. The van der Waals surface area contributed by atoms with E-state index in [0.29, 0.717) is 19.6 Å². The average molecular weight is 296 g/mol. The maximum Gasteiger partial charge on any atom is 0.311 e. The van der Waals surface area contributed by atoms with Crippen molar-refractivity contribution >= 4 is 17.7 Å². The Morgan fingerprint density at radius 1 is 0.857 bits per heavy atom. The maximum absolute atomic E-state index is 12.0. The second kappa shape index (κ2) is 7.97. The second-order valence-electron chi connectivity index (χ2n) is 5.52. The Bertz CT molecular complexity index is 386. The zero-order valence-corrected chi connectivity index (χ0v) is 12.4. The highest BCUT2D eigenvalue weighted by Crippen LogP contribution is 2.08. The third-order valence-corrected chi connectivity index (χ3v) is 3.93. The summed E-state index contributed by atoms with van der Waals surface area (Å²) in [5, 5.41) is 5.63. The van der Waals surface area contributed by atoms with Crippen LogP contribution in [0.4, 0.5) is 0 Å². The van der Waals surface area contributed by atoms with E-state index < -0.39 is 11.8 Å². The predicted octanol–water partition coefficient (Wildman–Crippen LogP) is -1.06. The summed E-state index contributed by atoms with van der Waals surface area (Å²) in [7, 11) is 0. The van der Waals surface area contributed by atoms with E-state index in [2.05, 4.69) is 10.6 Å². The van der Waals surface area contributed by atoms with E-state index in [1.165, 1.54) is 0 Å². The molecule has 2 fully saturated rings. The first-order chi connectivity index (χ1) is 10.2. The average Bonchev–Trinajstić information content (AvgIpc) is 2.81. The van der Waals surface area contributed by atoms with Gasteiger partial charge in [0.25, 0.3) is 0 Å². The van der Waals surface area contributed by atoms with E-state index in [0.717, 1.165) is 45.3 Å². The topological polar surface area (TPSA) is 81.8 Å². The van der Waals surface area contributed by atoms with Crippen LogP contribution in [-0.4, -0.2) is 73.3 Å². The summed E-state index contributed by atoms with van der Waals surface area (Å²) in [5.74, 6) is -1.32. The highest BCUT2D eigenvalue weighted by Gasteiger charge is 2.24. The molecule has 2 heterocycles. The molecule has 7 nitrogen and oxygen atoms in total. The molecule has 0 bridgehead atoms. The Morgan fingerprint density at radius 2 is 1.57 bits per heavy atom. The monoisotopic (exact) mass is 296 g/mol. The van der Waals surface area contributed by atoms with Gasteiger partial charge < -0.3 is 20.4 Å². The number of nitrogens with one attached hydrogen (secondary N) is 2. The predicted molar refractivity (Wildman–Crippen MR) is 77.5 cm³/mol. The molecule has 0 aromatic heterocycles. The number of carbonyl (C=O) groups is 3. The third kappa shape index (κ3) is 4.70.